The predicted molar refractivity (Wildman–Crippen MR) is 61.8 cm³/mol. The average Bonchev–Trinajstić information content (AvgIpc) is 2.33. The van der Waals surface area contributed by atoms with Crippen molar-refractivity contribution in [2.75, 3.05) is 0 Å². The van der Waals surface area contributed by atoms with Gasteiger partial charge in [-0.15, -0.1) is 0 Å². The largest absolute Gasteiger partial charge is 0.263 e. The molecule has 2 aromatic rings. The second-order valence-corrected chi connectivity index (χ2v) is 4.05. The Hall–Kier alpha value is -1.55. The maximum Gasteiger partial charge on any atom is 0.263 e. The Morgan fingerprint density at radius 3 is 2.28 bits per heavy atom. The van der Waals surface area contributed by atoms with Gasteiger partial charge in [-0.25, -0.2) is 17.6 Å². The van der Waals surface area contributed by atoms with Gasteiger partial charge in [-0.3, -0.25) is 0 Å². The lowest BCUT2D eigenvalue weighted by Crippen LogP contribution is -1.91. The highest BCUT2D eigenvalue weighted by molar-refractivity contribution is 6.33. The molecular weight excluding hydrogens is 268 g/mol. The van der Waals surface area contributed by atoms with Gasteiger partial charge in [-0.05, 0) is 12.1 Å². The van der Waals surface area contributed by atoms with Crippen molar-refractivity contribution in [1.29, 1.82) is 0 Å². The molecule has 0 spiro atoms. The van der Waals surface area contributed by atoms with Gasteiger partial charge in [0, 0.05) is 21.7 Å². The molecular formula is C13H7ClF4. The van der Waals surface area contributed by atoms with Crippen LogP contribution in [0.15, 0.2) is 36.4 Å². The van der Waals surface area contributed by atoms with Gasteiger partial charge in [-0.2, -0.15) is 0 Å². The molecule has 0 aromatic heterocycles. The summed E-state index contributed by atoms with van der Waals surface area (Å²) in [7, 11) is 0. The standard InChI is InChI=1S/C13H7ClF4/c14-10-6-7(13(17)18)4-5-8(10)9-2-1-3-11(15)12(9)16/h1-6,13H. The predicted octanol–water partition coefficient (Wildman–Crippen LogP) is 5.22. The first-order valence-corrected chi connectivity index (χ1v) is 5.40. The van der Waals surface area contributed by atoms with Crippen molar-refractivity contribution in [3.8, 4) is 11.1 Å². The van der Waals surface area contributed by atoms with Gasteiger partial charge in [-0.1, -0.05) is 35.9 Å². The number of alkyl halides is 2. The van der Waals surface area contributed by atoms with Crippen molar-refractivity contribution < 1.29 is 17.6 Å². The lowest BCUT2D eigenvalue weighted by Gasteiger charge is -2.08. The molecule has 0 radical (unpaired) electrons. The minimum atomic E-state index is -2.66. The highest BCUT2D eigenvalue weighted by atomic mass is 35.5. The molecule has 0 heterocycles. The van der Waals surface area contributed by atoms with Crippen LogP contribution in [0.25, 0.3) is 11.1 Å². The molecule has 18 heavy (non-hydrogen) atoms. The molecule has 2 aromatic carbocycles. The van der Waals surface area contributed by atoms with Gasteiger partial charge >= 0.3 is 0 Å². The molecule has 0 bridgehead atoms. The molecule has 0 aliphatic rings. The molecule has 0 atom stereocenters. The summed E-state index contributed by atoms with van der Waals surface area (Å²) < 4.78 is 51.5. The van der Waals surface area contributed by atoms with Crippen molar-refractivity contribution in [3.05, 3.63) is 58.6 Å². The lowest BCUT2D eigenvalue weighted by atomic mass is 10.0. The van der Waals surface area contributed by atoms with Crippen molar-refractivity contribution >= 4 is 11.6 Å². The summed E-state index contributed by atoms with van der Waals surface area (Å²) in [5.41, 5.74) is -0.139. The Balaban J connectivity index is 2.55. The van der Waals surface area contributed by atoms with Crippen LogP contribution in [0.2, 0.25) is 5.02 Å². The van der Waals surface area contributed by atoms with Crippen LogP contribution in [0.3, 0.4) is 0 Å². The molecule has 5 heteroatoms. The number of benzene rings is 2. The van der Waals surface area contributed by atoms with E-state index >= 15 is 0 Å². The van der Waals surface area contributed by atoms with Gasteiger partial charge in [0.25, 0.3) is 6.43 Å². The molecule has 0 saturated carbocycles. The Labute approximate surface area is 106 Å². The van der Waals surface area contributed by atoms with E-state index in [0.29, 0.717) is 0 Å². The van der Waals surface area contributed by atoms with Crippen molar-refractivity contribution in [2.45, 2.75) is 6.43 Å². The third-order valence-corrected chi connectivity index (χ3v) is 2.80. The zero-order valence-corrected chi connectivity index (χ0v) is 9.69. The van der Waals surface area contributed by atoms with Crippen molar-refractivity contribution in [1.82, 2.24) is 0 Å². The molecule has 94 valence electrons. The number of hydrogen-bond donors (Lipinski definition) is 0. The first-order valence-electron chi connectivity index (χ1n) is 5.02. The molecule has 0 amide bonds. The second kappa shape index (κ2) is 4.98. The summed E-state index contributed by atoms with van der Waals surface area (Å²) in [5, 5.41) is -0.0442. The minimum Gasteiger partial charge on any atom is -0.205 e. The van der Waals surface area contributed by atoms with Gasteiger partial charge in [0.05, 0.1) is 0 Å². The summed E-state index contributed by atoms with van der Waals surface area (Å²) >= 11 is 5.81. The normalized spacial score (nSPS) is 11.0. The summed E-state index contributed by atoms with van der Waals surface area (Å²) in [4.78, 5) is 0. The van der Waals surface area contributed by atoms with E-state index < -0.39 is 18.1 Å². The maximum absolute atomic E-state index is 13.5. The molecule has 0 fully saturated rings. The van der Waals surface area contributed by atoms with Crippen LogP contribution < -0.4 is 0 Å². The molecule has 0 saturated heterocycles. The van der Waals surface area contributed by atoms with E-state index in [9.17, 15) is 17.6 Å². The third-order valence-electron chi connectivity index (χ3n) is 2.49. The lowest BCUT2D eigenvalue weighted by molar-refractivity contribution is 0.151. The SMILES string of the molecule is Fc1cccc(-c2ccc(C(F)F)cc2Cl)c1F. The third kappa shape index (κ3) is 2.34. The Morgan fingerprint density at radius 2 is 1.67 bits per heavy atom. The number of hydrogen-bond acceptors (Lipinski definition) is 0. The number of rotatable bonds is 2. The molecule has 0 aliphatic carbocycles. The highest BCUT2D eigenvalue weighted by Crippen LogP contribution is 2.33. The fourth-order valence-corrected chi connectivity index (χ4v) is 1.89. The highest BCUT2D eigenvalue weighted by Gasteiger charge is 2.15. The van der Waals surface area contributed by atoms with Crippen LogP contribution in [0.4, 0.5) is 17.6 Å². The van der Waals surface area contributed by atoms with Crippen LogP contribution in [0, 0.1) is 11.6 Å². The smallest absolute Gasteiger partial charge is 0.205 e. The van der Waals surface area contributed by atoms with Gasteiger partial charge in [0.1, 0.15) is 0 Å². The summed E-state index contributed by atoms with van der Waals surface area (Å²) in [5.74, 6) is -2.06. The molecule has 2 rings (SSSR count). The van der Waals surface area contributed by atoms with E-state index in [0.717, 1.165) is 18.2 Å². The fourth-order valence-electron chi connectivity index (χ4n) is 1.60. The topological polar surface area (TPSA) is 0 Å². The number of halogens is 5. The minimum absolute atomic E-state index is 0.0442. The van der Waals surface area contributed by atoms with Crippen LogP contribution in [0.1, 0.15) is 12.0 Å². The zero-order chi connectivity index (χ0) is 13.3. The Bertz CT molecular complexity index is 581. The maximum atomic E-state index is 13.5. The van der Waals surface area contributed by atoms with E-state index in [4.69, 9.17) is 11.6 Å². The van der Waals surface area contributed by atoms with Gasteiger partial charge in [0.15, 0.2) is 11.6 Å². The molecule has 0 N–H and O–H groups in total. The van der Waals surface area contributed by atoms with Gasteiger partial charge in [0.2, 0.25) is 0 Å². The van der Waals surface area contributed by atoms with E-state index in [1.165, 1.54) is 18.2 Å². The van der Waals surface area contributed by atoms with Gasteiger partial charge < -0.3 is 0 Å². The zero-order valence-electron chi connectivity index (χ0n) is 8.93. The van der Waals surface area contributed by atoms with E-state index in [-0.39, 0.29) is 21.7 Å². The van der Waals surface area contributed by atoms with Crippen LogP contribution >= 0.6 is 11.6 Å². The van der Waals surface area contributed by atoms with Crippen LogP contribution in [-0.2, 0) is 0 Å². The van der Waals surface area contributed by atoms with E-state index in [1.807, 2.05) is 0 Å². The monoisotopic (exact) mass is 274 g/mol. The Morgan fingerprint density at radius 1 is 0.944 bits per heavy atom. The molecule has 0 unspecified atom stereocenters. The first kappa shape index (κ1) is 12.9. The summed E-state index contributed by atoms with van der Waals surface area (Å²) in [6, 6.07) is 7.07. The fraction of sp³-hybridized carbons (Fsp3) is 0.0769. The summed E-state index contributed by atoms with van der Waals surface area (Å²) in [6.45, 7) is 0. The average molecular weight is 275 g/mol. The van der Waals surface area contributed by atoms with Crippen LogP contribution in [0.5, 0.6) is 0 Å². The van der Waals surface area contributed by atoms with Crippen molar-refractivity contribution in [2.24, 2.45) is 0 Å². The summed E-state index contributed by atoms with van der Waals surface area (Å²) in [6.07, 6.45) is -2.66. The molecule has 0 aliphatic heterocycles. The van der Waals surface area contributed by atoms with Crippen LogP contribution in [-0.4, -0.2) is 0 Å². The van der Waals surface area contributed by atoms with E-state index in [2.05, 4.69) is 0 Å². The molecule has 0 nitrogen and oxygen atoms in total. The first-order chi connectivity index (χ1) is 8.50. The Kier molecular flexibility index (Phi) is 3.57. The second-order valence-electron chi connectivity index (χ2n) is 3.64. The van der Waals surface area contributed by atoms with Crippen molar-refractivity contribution in [3.63, 3.8) is 0 Å². The van der Waals surface area contributed by atoms with E-state index in [1.54, 1.807) is 0 Å². The quantitative estimate of drug-likeness (QED) is 0.658.